The van der Waals surface area contributed by atoms with E-state index >= 15 is 0 Å². The Labute approximate surface area is 177 Å². The Balaban J connectivity index is 1.63. The third-order valence-corrected chi connectivity index (χ3v) is 6.11. The highest BCUT2D eigenvalue weighted by molar-refractivity contribution is 6.04. The number of benzene rings is 2. The summed E-state index contributed by atoms with van der Waals surface area (Å²) >= 11 is 0. The monoisotopic (exact) mass is 397 g/mol. The van der Waals surface area contributed by atoms with Crippen LogP contribution < -0.4 is 5.32 Å². The van der Waals surface area contributed by atoms with E-state index in [1.807, 2.05) is 42.6 Å². The molecule has 0 radical (unpaired) electrons. The first-order valence-corrected chi connectivity index (χ1v) is 10.7. The molecule has 0 spiro atoms. The first-order chi connectivity index (χ1) is 14.7. The van der Waals surface area contributed by atoms with Gasteiger partial charge in [0, 0.05) is 35.2 Å². The van der Waals surface area contributed by atoms with E-state index in [-0.39, 0.29) is 17.5 Å². The molecule has 3 aromatic rings. The van der Waals surface area contributed by atoms with Gasteiger partial charge in [-0.1, -0.05) is 68.3 Å². The Kier molecular flexibility index (Phi) is 5.99. The highest BCUT2D eigenvalue weighted by Gasteiger charge is 2.24. The van der Waals surface area contributed by atoms with Gasteiger partial charge < -0.3 is 9.88 Å². The van der Waals surface area contributed by atoms with E-state index in [9.17, 15) is 10.1 Å². The number of carbonyl (C=O) groups excluding carboxylic acids is 1. The van der Waals surface area contributed by atoms with Crippen molar-refractivity contribution in [2.75, 3.05) is 0 Å². The second kappa shape index (κ2) is 9.00. The predicted molar refractivity (Wildman–Crippen MR) is 121 cm³/mol. The molecular weight excluding hydrogens is 370 g/mol. The molecule has 1 saturated carbocycles. The number of hydrogen-bond donors (Lipinski definition) is 1. The second-order valence-corrected chi connectivity index (χ2v) is 8.23. The Morgan fingerprint density at radius 2 is 1.87 bits per heavy atom. The molecule has 1 aliphatic carbocycles. The fraction of sp³-hybridized carbons (Fsp3) is 0.308. The minimum Gasteiger partial charge on any atom is -0.348 e. The van der Waals surface area contributed by atoms with Gasteiger partial charge in [0.2, 0.25) is 0 Å². The predicted octanol–water partition coefficient (Wildman–Crippen LogP) is 5.29. The number of para-hydroxylation sites is 1. The van der Waals surface area contributed by atoms with E-state index in [0.717, 1.165) is 42.3 Å². The molecular formula is C26H27N3O. The van der Waals surface area contributed by atoms with Gasteiger partial charge in [-0.25, -0.2) is 0 Å². The molecule has 1 N–H and O–H groups in total. The van der Waals surface area contributed by atoms with Gasteiger partial charge >= 0.3 is 0 Å². The molecule has 2 atom stereocenters. The first-order valence-electron chi connectivity index (χ1n) is 10.7. The fourth-order valence-electron chi connectivity index (χ4n) is 4.38. The molecule has 4 rings (SSSR count). The van der Waals surface area contributed by atoms with Gasteiger partial charge in [0.15, 0.2) is 0 Å². The number of nitrogens with one attached hydrogen (secondary N) is 1. The van der Waals surface area contributed by atoms with Crippen molar-refractivity contribution in [2.24, 2.45) is 5.92 Å². The van der Waals surface area contributed by atoms with Crippen molar-refractivity contribution in [2.45, 2.75) is 45.2 Å². The Morgan fingerprint density at radius 3 is 2.63 bits per heavy atom. The van der Waals surface area contributed by atoms with Crippen LogP contribution in [0.3, 0.4) is 0 Å². The lowest BCUT2D eigenvalue weighted by Gasteiger charge is -2.29. The summed E-state index contributed by atoms with van der Waals surface area (Å²) in [5, 5.41) is 13.8. The molecule has 1 aliphatic rings. The third kappa shape index (κ3) is 4.31. The zero-order chi connectivity index (χ0) is 20.9. The van der Waals surface area contributed by atoms with Crippen molar-refractivity contribution < 1.29 is 4.79 Å². The summed E-state index contributed by atoms with van der Waals surface area (Å²) in [5.41, 5.74) is 3.35. The van der Waals surface area contributed by atoms with Crippen molar-refractivity contribution >= 4 is 22.9 Å². The molecule has 1 amide bonds. The Hall–Kier alpha value is -3.32. The van der Waals surface area contributed by atoms with Crippen LogP contribution >= 0.6 is 0 Å². The van der Waals surface area contributed by atoms with Crippen molar-refractivity contribution in [3.05, 3.63) is 77.5 Å². The van der Waals surface area contributed by atoms with Crippen molar-refractivity contribution in [1.29, 1.82) is 5.26 Å². The molecule has 30 heavy (non-hydrogen) atoms. The van der Waals surface area contributed by atoms with Crippen LogP contribution in [0.15, 0.2) is 66.4 Å². The molecule has 0 bridgehead atoms. The summed E-state index contributed by atoms with van der Waals surface area (Å²) in [5.74, 6) is 0.187. The molecule has 1 aromatic heterocycles. The standard InChI is InChI=1S/C26H27N3O/c1-19-9-5-7-13-24(19)28-26(30)21(16-27)15-22-18-29(17-20-10-3-2-4-11-20)25-14-8-6-12-23(22)25/h2-4,6,8,10-12,14-15,18-19,24H,5,7,9,13,17H2,1H3,(H,28,30)/b21-15+/t19-,24+/m0/s1. The maximum absolute atomic E-state index is 12.8. The second-order valence-electron chi connectivity index (χ2n) is 8.23. The molecule has 1 heterocycles. The largest absolute Gasteiger partial charge is 0.348 e. The average Bonchev–Trinajstić information content (AvgIpc) is 3.11. The molecule has 0 saturated heterocycles. The van der Waals surface area contributed by atoms with Gasteiger partial charge in [-0.2, -0.15) is 5.26 Å². The summed E-state index contributed by atoms with van der Waals surface area (Å²) in [6.07, 6.45) is 8.23. The van der Waals surface area contributed by atoms with Gasteiger partial charge in [0.1, 0.15) is 11.6 Å². The molecule has 2 aromatic carbocycles. The maximum atomic E-state index is 12.8. The minimum atomic E-state index is -0.267. The van der Waals surface area contributed by atoms with E-state index in [1.54, 1.807) is 6.08 Å². The normalized spacial score (nSPS) is 19.4. The average molecular weight is 398 g/mol. The zero-order valence-electron chi connectivity index (χ0n) is 17.3. The van der Waals surface area contributed by atoms with Gasteiger partial charge in [-0.05, 0) is 36.5 Å². The van der Waals surface area contributed by atoms with E-state index in [4.69, 9.17) is 0 Å². The van der Waals surface area contributed by atoms with Gasteiger partial charge in [0.05, 0.1) is 0 Å². The number of hydrogen-bond acceptors (Lipinski definition) is 2. The lowest BCUT2D eigenvalue weighted by molar-refractivity contribution is -0.118. The van der Waals surface area contributed by atoms with Gasteiger partial charge in [-0.15, -0.1) is 0 Å². The molecule has 0 unspecified atom stereocenters. The molecule has 152 valence electrons. The van der Waals surface area contributed by atoms with E-state index < -0.39 is 0 Å². The smallest absolute Gasteiger partial charge is 0.262 e. The summed E-state index contributed by atoms with van der Waals surface area (Å²) in [7, 11) is 0. The topological polar surface area (TPSA) is 57.8 Å². The summed E-state index contributed by atoms with van der Waals surface area (Å²) in [6, 6.07) is 20.7. The van der Waals surface area contributed by atoms with Gasteiger partial charge in [0.25, 0.3) is 5.91 Å². The number of fused-ring (bicyclic) bond motifs is 1. The van der Waals surface area contributed by atoms with Crippen LogP contribution in [0.5, 0.6) is 0 Å². The number of nitriles is 1. The number of carbonyl (C=O) groups is 1. The minimum absolute atomic E-state index is 0.155. The third-order valence-electron chi connectivity index (χ3n) is 6.11. The Morgan fingerprint density at radius 1 is 1.13 bits per heavy atom. The Bertz CT molecular complexity index is 1100. The van der Waals surface area contributed by atoms with E-state index in [2.05, 4.69) is 41.1 Å². The van der Waals surface area contributed by atoms with Crippen LogP contribution in [-0.2, 0) is 11.3 Å². The highest BCUT2D eigenvalue weighted by Crippen LogP contribution is 2.26. The molecule has 4 heteroatoms. The van der Waals surface area contributed by atoms with Crippen LogP contribution in [0.4, 0.5) is 0 Å². The van der Waals surface area contributed by atoms with E-state index in [0.29, 0.717) is 5.92 Å². The quantitative estimate of drug-likeness (QED) is 0.470. The lowest BCUT2D eigenvalue weighted by atomic mass is 9.86. The van der Waals surface area contributed by atoms with E-state index in [1.165, 1.54) is 12.0 Å². The summed E-state index contributed by atoms with van der Waals surface area (Å²) in [6.45, 7) is 2.92. The zero-order valence-corrected chi connectivity index (χ0v) is 17.3. The van der Waals surface area contributed by atoms with Crippen molar-refractivity contribution in [3.8, 4) is 6.07 Å². The SMILES string of the molecule is C[C@H]1CCCC[C@H]1NC(=O)/C(C#N)=C/c1cn(Cc2ccccc2)c2ccccc12. The van der Waals surface area contributed by atoms with Gasteiger partial charge in [-0.3, -0.25) is 4.79 Å². The number of aromatic nitrogens is 1. The molecule has 0 aliphatic heterocycles. The number of nitrogens with zero attached hydrogens (tertiary/aromatic N) is 2. The highest BCUT2D eigenvalue weighted by atomic mass is 16.1. The van der Waals surface area contributed by atoms with Crippen LogP contribution in [0.1, 0.15) is 43.7 Å². The fourth-order valence-corrected chi connectivity index (χ4v) is 4.38. The number of rotatable bonds is 5. The van der Waals surface area contributed by atoms with Crippen molar-refractivity contribution in [1.82, 2.24) is 9.88 Å². The first kappa shape index (κ1) is 20.0. The molecule has 1 fully saturated rings. The van der Waals surface area contributed by atoms with Crippen molar-refractivity contribution in [3.63, 3.8) is 0 Å². The summed E-state index contributed by atoms with van der Waals surface area (Å²) in [4.78, 5) is 12.8. The lowest BCUT2D eigenvalue weighted by Crippen LogP contribution is -2.41. The van der Waals surface area contributed by atoms with Crippen LogP contribution in [0.25, 0.3) is 17.0 Å². The summed E-state index contributed by atoms with van der Waals surface area (Å²) < 4.78 is 2.17. The van der Waals surface area contributed by atoms with Crippen LogP contribution in [-0.4, -0.2) is 16.5 Å². The maximum Gasteiger partial charge on any atom is 0.262 e. The molecule has 4 nitrogen and oxygen atoms in total. The van der Waals surface area contributed by atoms with Crippen LogP contribution in [0.2, 0.25) is 0 Å². The van der Waals surface area contributed by atoms with Crippen LogP contribution in [0, 0.1) is 17.2 Å². The number of amides is 1.